The zero-order valence-electron chi connectivity index (χ0n) is 9.54. The van der Waals surface area contributed by atoms with Crippen LogP contribution in [0.4, 0.5) is 13.2 Å². The second-order valence-electron chi connectivity index (χ2n) is 3.42. The Morgan fingerprint density at radius 1 is 1.50 bits per heavy atom. The van der Waals surface area contributed by atoms with E-state index in [2.05, 4.69) is 4.74 Å². The van der Waals surface area contributed by atoms with E-state index < -0.39 is 35.8 Å². The van der Waals surface area contributed by atoms with E-state index in [1.807, 2.05) is 0 Å². The minimum absolute atomic E-state index is 0.100. The number of alkyl halides is 2. The molecule has 0 aliphatic carbocycles. The monoisotopic (exact) mass is 257 g/mol. The summed E-state index contributed by atoms with van der Waals surface area (Å²) in [5.41, 5.74) is -1.31. The Morgan fingerprint density at radius 2 is 2.17 bits per heavy atom. The zero-order chi connectivity index (χ0) is 13.7. The van der Waals surface area contributed by atoms with Gasteiger partial charge in [0, 0.05) is 5.56 Å². The van der Waals surface area contributed by atoms with Crippen LogP contribution in [0.1, 0.15) is 30.0 Å². The summed E-state index contributed by atoms with van der Waals surface area (Å²) in [7, 11) is 0. The highest BCUT2D eigenvalue weighted by atomic mass is 19.3. The van der Waals surface area contributed by atoms with E-state index in [0.717, 1.165) is 12.1 Å². The van der Waals surface area contributed by atoms with Crippen molar-refractivity contribution in [3.63, 3.8) is 0 Å². The molecule has 0 atom stereocenters. The number of nitrogens with zero attached hydrogens (tertiary/aromatic N) is 1. The molecule has 1 aromatic rings. The van der Waals surface area contributed by atoms with Crippen molar-refractivity contribution in [2.24, 2.45) is 0 Å². The fourth-order valence-electron chi connectivity index (χ4n) is 1.54. The average Bonchev–Trinajstić information content (AvgIpc) is 2.27. The molecule has 0 aromatic heterocycles. The van der Waals surface area contributed by atoms with Crippen molar-refractivity contribution in [2.75, 3.05) is 6.61 Å². The van der Waals surface area contributed by atoms with Crippen LogP contribution in [0.15, 0.2) is 12.1 Å². The highest BCUT2D eigenvalue weighted by Gasteiger charge is 2.21. The molecule has 0 aliphatic heterocycles. The second-order valence-corrected chi connectivity index (χ2v) is 3.42. The van der Waals surface area contributed by atoms with E-state index in [1.54, 1.807) is 6.92 Å². The minimum Gasteiger partial charge on any atom is -0.466 e. The van der Waals surface area contributed by atoms with Gasteiger partial charge in [-0.15, -0.1) is 0 Å². The number of carbonyl (C=O) groups excluding carboxylic acids is 1. The quantitative estimate of drug-likeness (QED) is 0.779. The van der Waals surface area contributed by atoms with Crippen LogP contribution in [0.3, 0.4) is 0 Å². The predicted octanol–water partition coefficient (Wildman–Crippen LogP) is 2.74. The van der Waals surface area contributed by atoms with Crippen molar-refractivity contribution in [2.45, 2.75) is 19.8 Å². The number of nitriles is 1. The Hall–Kier alpha value is -2.03. The highest BCUT2D eigenvalue weighted by molar-refractivity contribution is 5.73. The Kier molecular flexibility index (Phi) is 4.72. The van der Waals surface area contributed by atoms with Crippen molar-refractivity contribution in [3.8, 4) is 6.07 Å². The van der Waals surface area contributed by atoms with Crippen molar-refractivity contribution >= 4 is 5.97 Å². The lowest BCUT2D eigenvalue weighted by Gasteiger charge is -2.10. The molecule has 0 saturated heterocycles. The maximum atomic E-state index is 13.1. The number of hydrogen-bond acceptors (Lipinski definition) is 3. The van der Waals surface area contributed by atoms with Gasteiger partial charge in [-0.05, 0) is 24.6 Å². The number of hydrogen-bond donors (Lipinski definition) is 0. The van der Waals surface area contributed by atoms with E-state index in [9.17, 15) is 18.0 Å². The molecule has 0 aliphatic rings. The first-order valence-electron chi connectivity index (χ1n) is 5.15. The maximum Gasteiger partial charge on any atom is 0.310 e. The zero-order valence-corrected chi connectivity index (χ0v) is 9.54. The molecule has 3 nitrogen and oxygen atoms in total. The molecule has 0 heterocycles. The topological polar surface area (TPSA) is 50.1 Å². The van der Waals surface area contributed by atoms with Gasteiger partial charge in [-0.2, -0.15) is 5.26 Å². The van der Waals surface area contributed by atoms with Gasteiger partial charge in [-0.25, -0.2) is 13.2 Å². The molecule has 0 fully saturated rings. The number of esters is 1. The molecule has 18 heavy (non-hydrogen) atoms. The van der Waals surface area contributed by atoms with Crippen molar-refractivity contribution in [1.29, 1.82) is 5.26 Å². The van der Waals surface area contributed by atoms with Crippen LogP contribution in [-0.4, -0.2) is 12.6 Å². The van der Waals surface area contributed by atoms with E-state index in [1.165, 1.54) is 6.07 Å². The molecule has 1 rings (SSSR count). The van der Waals surface area contributed by atoms with Gasteiger partial charge >= 0.3 is 5.97 Å². The Labute approximate surface area is 102 Å². The van der Waals surface area contributed by atoms with Crippen LogP contribution in [0.5, 0.6) is 0 Å². The summed E-state index contributed by atoms with van der Waals surface area (Å²) >= 11 is 0. The smallest absolute Gasteiger partial charge is 0.310 e. The third kappa shape index (κ3) is 3.23. The molecule has 0 bridgehead atoms. The summed E-state index contributed by atoms with van der Waals surface area (Å²) < 4.78 is 43.4. The molecule has 96 valence electrons. The van der Waals surface area contributed by atoms with Crippen molar-refractivity contribution in [1.82, 2.24) is 0 Å². The Morgan fingerprint density at radius 3 is 2.67 bits per heavy atom. The highest BCUT2D eigenvalue weighted by Crippen LogP contribution is 2.28. The van der Waals surface area contributed by atoms with Crippen LogP contribution < -0.4 is 0 Å². The number of ether oxygens (including phenoxy) is 1. The summed E-state index contributed by atoms with van der Waals surface area (Å²) in [6, 6.07) is 3.03. The van der Waals surface area contributed by atoms with Gasteiger partial charge in [0.05, 0.1) is 24.7 Å². The fraction of sp³-hybridized carbons (Fsp3) is 0.333. The summed E-state index contributed by atoms with van der Waals surface area (Å²) in [5.74, 6) is -1.58. The average molecular weight is 257 g/mol. The van der Waals surface area contributed by atoms with Gasteiger partial charge in [0.15, 0.2) is 0 Å². The van der Waals surface area contributed by atoms with Gasteiger partial charge in [0.2, 0.25) is 0 Å². The normalized spacial score (nSPS) is 10.2. The molecule has 0 radical (unpaired) electrons. The number of carbonyl (C=O) groups is 1. The van der Waals surface area contributed by atoms with Gasteiger partial charge in [-0.3, -0.25) is 4.79 Å². The van der Waals surface area contributed by atoms with E-state index >= 15 is 0 Å². The lowest BCUT2D eigenvalue weighted by atomic mass is 9.99. The molecule has 0 N–H and O–H groups in total. The van der Waals surface area contributed by atoms with Crippen molar-refractivity contribution in [3.05, 3.63) is 34.6 Å². The summed E-state index contributed by atoms with van der Waals surface area (Å²) in [5, 5.41) is 8.69. The predicted molar refractivity (Wildman–Crippen MR) is 56.4 cm³/mol. The van der Waals surface area contributed by atoms with Crippen LogP contribution in [0.25, 0.3) is 0 Å². The third-order valence-electron chi connectivity index (χ3n) is 2.21. The maximum absolute atomic E-state index is 13.1. The first kappa shape index (κ1) is 14.0. The van der Waals surface area contributed by atoms with Gasteiger partial charge in [0.25, 0.3) is 6.43 Å². The standard InChI is InChI=1S/C12H10F3NO2/c1-2-18-10(17)5-7-3-9(13)4-8(6-16)11(7)12(14)15/h3-4,12H,2,5H2,1H3. The lowest BCUT2D eigenvalue weighted by molar-refractivity contribution is -0.142. The molecule has 0 spiro atoms. The van der Waals surface area contributed by atoms with Gasteiger partial charge in [0.1, 0.15) is 5.82 Å². The Balaban J connectivity index is 3.20. The second kappa shape index (κ2) is 6.05. The van der Waals surface area contributed by atoms with E-state index in [0.29, 0.717) is 0 Å². The molecule has 1 aromatic carbocycles. The summed E-state index contributed by atoms with van der Waals surface area (Å²) in [6.45, 7) is 1.67. The number of benzene rings is 1. The van der Waals surface area contributed by atoms with Crippen LogP contribution in [-0.2, 0) is 16.0 Å². The molecule has 6 heteroatoms. The fourth-order valence-corrected chi connectivity index (χ4v) is 1.54. The van der Waals surface area contributed by atoms with Crippen LogP contribution in [0.2, 0.25) is 0 Å². The first-order valence-corrected chi connectivity index (χ1v) is 5.15. The molecule has 0 amide bonds. The van der Waals surface area contributed by atoms with Crippen LogP contribution >= 0.6 is 0 Å². The minimum atomic E-state index is -2.95. The van der Waals surface area contributed by atoms with E-state index in [-0.39, 0.29) is 12.2 Å². The van der Waals surface area contributed by atoms with Gasteiger partial charge in [-0.1, -0.05) is 0 Å². The number of halogens is 3. The molecule has 0 unspecified atom stereocenters. The van der Waals surface area contributed by atoms with Gasteiger partial charge < -0.3 is 4.74 Å². The summed E-state index contributed by atoms with van der Waals surface area (Å²) in [4.78, 5) is 11.2. The lowest BCUT2D eigenvalue weighted by Crippen LogP contribution is -2.11. The molecular weight excluding hydrogens is 247 g/mol. The van der Waals surface area contributed by atoms with Crippen LogP contribution in [0, 0.1) is 17.1 Å². The molecular formula is C12H10F3NO2. The Bertz CT molecular complexity index is 495. The summed E-state index contributed by atoms with van der Waals surface area (Å²) in [6.07, 6.45) is -3.44. The number of rotatable bonds is 4. The SMILES string of the molecule is CCOC(=O)Cc1cc(F)cc(C#N)c1C(F)F. The largest absolute Gasteiger partial charge is 0.466 e. The van der Waals surface area contributed by atoms with Crippen molar-refractivity contribution < 1.29 is 22.7 Å². The van der Waals surface area contributed by atoms with E-state index in [4.69, 9.17) is 5.26 Å². The molecule has 0 saturated carbocycles. The first-order chi connectivity index (χ1) is 8.49. The third-order valence-corrected chi connectivity index (χ3v) is 2.21.